The van der Waals surface area contributed by atoms with Crippen molar-refractivity contribution in [3.05, 3.63) is 30.0 Å². The smallest absolute Gasteiger partial charge is 0.132 e. The van der Waals surface area contributed by atoms with Crippen LogP contribution in [0.5, 0.6) is 0 Å². The maximum Gasteiger partial charge on any atom is 0.132 e. The number of aromatic nitrogens is 2. The molecule has 0 amide bonds. The average molecular weight is 204 g/mol. The third kappa shape index (κ3) is 1.63. The molecule has 0 aromatic heterocycles. The van der Waals surface area contributed by atoms with E-state index in [0.29, 0.717) is 16.6 Å². The Kier molecular flexibility index (Phi) is 2.29. The van der Waals surface area contributed by atoms with Crippen molar-refractivity contribution < 1.29 is 5.21 Å². The lowest BCUT2D eigenvalue weighted by Crippen LogP contribution is -2.12. The summed E-state index contributed by atoms with van der Waals surface area (Å²) in [6, 6.07) is 3.50. The molecule has 15 heavy (non-hydrogen) atoms. The molecule has 0 fully saturated rings. The van der Waals surface area contributed by atoms with Crippen LogP contribution in [-0.4, -0.2) is 21.5 Å². The van der Waals surface area contributed by atoms with E-state index in [0.717, 1.165) is 17.0 Å². The second-order valence-electron chi connectivity index (χ2n) is 3.21. The normalized spacial score (nSPS) is 10.5. The van der Waals surface area contributed by atoms with Crippen LogP contribution in [-0.2, 0) is 0 Å². The standard InChI is InChI=1S/C10H12N4O/c1-2-12-9-4-3-8(11)7-5-14(15)6-13-10(7)9/h3-6,11-12,15H,2H2,1H3. The fraction of sp³-hybridized carbons (Fsp3) is 0.200. The van der Waals surface area contributed by atoms with Gasteiger partial charge in [-0.15, -0.1) is 0 Å². The highest BCUT2D eigenvalue weighted by atomic mass is 16.5. The van der Waals surface area contributed by atoms with Gasteiger partial charge in [0.15, 0.2) is 0 Å². The van der Waals surface area contributed by atoms with Gasteiger partial charge in [0.1, 0.15) is 6.33 Å². The number of anilines is 1. The summed E-state index contributed by atoms with van der Waals surface area (Å²) in [5.74, 6) is 0. The summed E-state index contributed by atoms with van der Waals surface area (Å²) in [5.41, 5.74) is 2.21. The van der Waals surface area contributed by atoms with Gasteiger partial charge in [0.2, 0.25) is 0 Å². The van der Waals surface area contributed by atoms with E-state index in [-0.39, 0.29) is 0 Å². The summed E-state index contributed by atoms with van der Waals surface area (Å²) in [6.45, 7) is 2.79. The van der Waals surface area contributed by atoms with Crippen molar-refractivity contribution in [3.63, 3.8) is 0 Å². The Labute approximate surface area is 86.8 Å². The van der Waals surface area contributed by atoms with Crippen LogP contribution < -0.4 is 10.7 Å². The van der Waals surface area contributed by atoms with Crippen LogP contribution in [0.25, 0.3) is 11.3 Å². The predicted molar refractivity (Wildman–Crippen MR) is 56.1 cm³/mol. The molecule has 2 rings (SSSR count). The first-order valence-electron chi connectivity index (χ1n) is 4.71. The number of nitrogens with zero attached hydrogens (tertiary/aromatic N) is 2. The van der Waals surface area contributed by atoms with Crippen molar-refractivity contribution in [1.29, 1.82) is 5.41 Å². The van der Waals surface area contributed by atoms with Crippen LogP contribution in [0.15, 0.2) is 24.7 Å². The molecule has 0 bridgehead atoms. The monoisotopic (exact) mass is 204 g/mol. The first kappa shape index (κ1) is 9.51. The molecule has 0 spiro atoms. The van der Waals surface area contributed by atoms with Crippen molar-refractivity contribution in [2.45, 2.75) is 6.92 Å². The van der Waals surface area contributed by atoms with Crippen LogP contribution in [0, 0.1) is 5.41 Å². The van der Waals surface area contributed by atoms with E-state index in [1.165, 1.54) is 12.5 Å². The molecule has 2 aliphatic rings. The Bertz CT molecular complexity index is 505. The molecule has 0 radical (unpaired) electrons. The first-order chi connectivity index (χ1) is 7.22. The van der Waals surface area contributed by atoms with Crippen LogP contribution in [0.2, 0.25) is 0 Å². The lowest BCUT2D eigenvalue weighted by molar-refractivity contribution is 0.181. The van der Waals surface area contributed by atoms with Crippen molar-refractivity contribution in [3.8, 4) is 11.3 Å². The third-order valence-electron chi connectivity index (χ3n) is 2.15. The molecule has 0 saturated carbocycles. The van der Waals surface area contributed by atoms with Gasteiger partial charge in [-0.3, -0.25) is 0 Å². The summed E-state index contributed by atoms with van der Waals surface area (Å²) in [7, 11) is 0. The molecule has 1 heterocycles. The minimum atomic E-state index is 0.350. The summed E-state index contributed by atoms with van der Waals surface area (Å²) < 4.78 is 0.857. The molecule has 0 unspecified atom stereocenters. The van der Waals surface area contributed by atoms with E-state index in [9.17, 15) is 5.21 Å². The highest BCUT2D eigenvalue weighted by molar-refractivity contribution is 5.74. The molecule has 1 aliphatic heterocycles. The Morgan fingerprint density at radius 2 is 2.33 bits per heavy atom. The lowest BCUT2D eigenvalue weighted by atomic mass is 10.1. The van der Waals surface area contributed by atoms with E-state index in [2.05, 4.69) is 10.3 Å². The number of hydrogen-bond donors (Lipinski definition) is 3. The van der Waals surface area contributed by atoms with Crippen LogP contribution in [0.1, 0.15) is 6.92 Å². The fourth-order valence-corrected chi connectivity index (χ4v) is 1.49. The Morgan fingerprint density at radius 3 is 3.07 bits per heavy atom. The number of benzene rings is 1. The summed E-state index contributed by atoms with van der Waals surface area (Å²) in [5, 5.41) is 20.4. The van der Waals surface area contributed by atoms with Gasteiger partial charge in [-0.25, -0.2) is 4.98 Å². The van der Waals surface area contributed by atoms with E-state index < -0.39 is 0 Å². The predicted octanol–water partition coefficient (Wildman–Crippen LogP) is 1.14. The molecule has 5 heteroatoms. The van der Waals surface area contributed by atoms with E-state index in [1.54, 1.807) is 6.07 Å². The maximum absolute atomic E-state index is 9.23. The summed E-state index contributed by atoms with van der Waals surface area (Å²) in [4.78, 5) is 4.09. The largest absolute Gasteiger partial charge is 0.428 e. The number of fused-ring (bicyclic) bond motifs is 1. The Hall–Kier alpha value is -2.04. The second kappa shape index (κ2) is 3.61. The van der Waals surface area contributed by atoms with Crippen molar-refractivity contribution in [1.82, 2.24) is 9.71 Å². The van der Waals surface area contributed by atoms with Gasteiger partial charge >= 0.3 is 0 Å². The quantitative estimate of drug-likeness (QED) is 0.642. The topological polar surface area (TPSA) is 73.9 Å². The van der Waals surface area contributed by atoms with Crippen molar-refractivity contribution in [2.75, 3.05) is 11.9 Å². The van der Waals surface area contributed by atoms with Gasteiger partial charge in [-0.1, -0.05) is 0 Å². The van der Waals surface area contributed by atoms with Gasteiger partial charge in [-0.2, -0.15) is 4.73 Å². The van der Waals surface area contributed by atoms with Gasteiger partial charge < -0.3 is 15.9 Å². The van der Waals surface area contributed by atoms with Gasteiger partial charge in [-0.05, 0) is 19.1 Å². The molecule has 78 valence electrons. The highest BCUT2D eigenvalue weighted by Crippen LogP contribution is 2.22. The lowest BCUT2D eigenvalue weighted by Gasteiger charge is -2.12. The van der Waals surface area contributed by atoms with E-state index in [4.69, 9.17) is 5.41 Å². The van der Waals surface area contributed by atoms with E-state index >= 15 is 0 Å². The number of rotatable bonds is 2. The van der Waals surface area contributed by atoms with Crippen LogP contribution >= 0.6 is 0 Å². The SMILES string of the molecule is CCNc1ccc(=N)c2cn(O)cnc1-2. The van der Waals surface area contributed by atoms with Gasteiger partial charge in [0.25, 0.3) is 0 Å². The molecule has 0 atom stereocenters. The fourth-order valence-electron chi connectivity index (χ4n) is 1.49. The molecule has 1 aliphatic carbocycles. The van der Waals surface area contributed by atoms with Crippen molar-refractivity contribution in [2.24, 2.45) is 0 Å². The Morgan fingerprint density at radius 1 is 1.53 bits per heavy atom. The maximum atomic E-state index is 9.23. The number of hydrogen-bond acceptors (Lipinski definition) is 4. The minimum Gasteiger partial charge on any atom is -0.428 e. The molecule has 5 nitrogen and oxygen atoms in total. The molecular formula is C10H12N4O. The van der Waals surface area contributed by atoms with Gasteiger partial charge in [0.05, 0.1) is 22.9 Å². The van der Waals surface area contributed by atoms with Gasteiger partial charge in [0, 0.05) is 12.1 Å². The zero-order valence-corrected chi connectivity index (χ0v) is 8.36. The molecule has 3 N–H and O–H groups in total. The summed E-state index contributed by atoms with van der Waals surface area (Å²) in [6.07, 6.45) is 2.79. The van der Waals surface area contributed by atoms with E-state index in [1.807, 2.05) is 13.0 Å². The minimum absolute atomic E-state index is 0.350. The molecule has 0 aromatic rings. The number of nitrogens with one attached hydrogen (secondary N) is 2. The van der Waals surface area contributed by atoms with Crippen molar-refractivity contribution >= 4 is 5.69 Å². The highest BCUT2D eigenvalue weighted by Gasteiger charge is 2.10. The summed E-state index contributed by atoms with van der Waals surface area (Å²) >= 11 is 0. The third-order valence-corrected chi connectivity index (χ3v) is 2.15. The van der Waals surface area contributed by atoms with Crippen LogP contribution in [0.3, 0.4) is 0 Å². The second-order valence-corrected chi connectivity index (χ2v) is 3.21. The molecule has 0 saturated heterocycles. The average Bonchev–Trinajstić information content (AvgIpc) is 2.23. The molecular weight excluding hydrogens is 192 g/mol. The zero-order valence-electron chi connectivity index (χ0n) is 8.36. The first-order valence-corrected chi connectivity index (χ1v) is 4.71. The molecule has 0 aromatic carbocycles. The zero-order chi connectivity index (χ0) is 10.8. The Balaban J connectivity index is 2.69. The van der Waals surface area contributed by atoms with Crippen LogP contribution in [0.4, 0.5) is 5.69 Å².